The maximum absolute atomic E-state index is 6.42. The van der Waals surface area contributed by atoms with Crippen molar-refractivity contribution >= 4 is 12.6 Å². The van der Waals surface area contributed by atoms with Crippen molar-refractivity contribution in [2.45, 2.75) is 26.2 Å². The van der Waals surface area contributed by atoms with Gasteiger partial charge in [0.05, 0.1) is 12.4 Å². The number of hydrogen-bond acceptors (Lipinski definition) is 4. The Morgan fingerprint density at radius 2 is 2.20 bits per heavy atom. The molecule has 2 fully saturated rings. The molecule has 2 N–H and O–H groups in total. The van der Waals surface area contributed by atoms with E-state index in [2.05, 4.69) is 14.9 Å². The van der Waals surface area contributed by atoms with Crippen molar-refractivity contribution in [2.75, 3.05) is 19.6 Å². The molecule has 3 heterocycles. The Kier molecular flexibility index (Phi) is 2.70. The highest BCUT2D eigenvalue weighted by Crippen LogP contribution is 2.44. The summed E-state index contributed by atoms with van der Waals surface area (Å²) in [5.74, 6) is 7.85. The number of allylic oxidation sites excluding steroid dienone is 3. The molecule has 0 spiro atoms. The van der Waals surface area contributed by atoms with Crippen molar-refractivity contribution in [1.29, 1.82) is 0 Å². The number of aliphatic imine (C=N–C) groups is 2. The van der Waals surface area contributed by atoms with Crippen LogP contribution < -0.4 is 5.84 Å². The van der Waals surface area contributed by atoms with Gasteiger partial charge in [0.25, 0.3) is 0 Å². The minimum Gasteiger partial charge on any atom is -0.303 e. The van der Waals surface area contributed by atoms with Crippen molar-refractivity contribution in [3.63, 3.8) is 0 Å². The van der Waals surface area contributed by atoms with Crippen LogP contribution in [-0.4, -0.2) is 41.7 Å². The van der Waals surface area contributed by atoms with Crippen LogP contribution in [0.3, 0.4) is 0 Å². The van der Waals surface area contributed by atoms with Crippen LogP contribution >= 0.6 is 0 Å². The fraction of sp³-hybridized carbons (Fsp3) is 0.600. The first-order chi connectivity index (χ1) is 9.67. The van der Waals surface area contributed by atoms with Gasteiger partial charge in [0.15, 0.2) is 5.70 Å². The lowest BCUT2D eigenvalue weighted by molar-refractivity contribution is -0.759. The highest BCUT2D eigenvalue weighted by molar-refractivity contribution is 5.83. The lowest BCUT2D eigenvalue weighted by atomic mass is 9.72. The Morgan fingerprint density at radius 1 is 1.40 bits per heavy atom. The van der Waals surface area contributed by atoms with Gasteiger partial charge in [-0.25, -0.2) is 0 Å². The first-order valence-corrected chi connectivity index (χ1v) is 7.57. The van der Waals surface area contributed by atoms with Crippen LogP contribution in [-0.2, 0) is 0 Å². The average molecular weight is 272 g/mol. The van der Waals surface area contributed by atoms with Gasteiger partial charge in [0, 0.05) is 19.4 Å². The van der Waals surface area contributed by atoms with E-state index in [0.717, 1.165) is 17.3 Å². The minimum atomic E-state index is 0.228. The van der Waals surface area contributed by atoms with Crippen LogP contribution in [0.2, 0.25) is 0 Å². The van der Waals surface area contributed by atoms with Gasteiger partial charge in [0.1, 0.15) is 5.70 Å². The van der Waals surface area contributed by atoms with Crippen molar-refractivity contribution in [3.8, 4) is 0 Å². The monoisotopic (exact) mass is 272 g/mol. The van der Waals surface area contributed by atoms with Crippen LogP contribution in [0, 0.1) is 11.8 Å². The second-order valence-corrected chi connectivity index (χ2v) is 6.53. The lowest BCUT2D eigenvalue weighted by Crippen LogP contribution is -2.50. The highest BCUT2D eigenvalue weighted by Gasteiger charge is 2.45. The summed E-state index contributed by atoms with van der Waals surface area (Å²) in [6.07, 6.45) is 9.45. The van der Waals surface area contributed by atoms with Gasteiger partial charge >= 0.3 is 0 Å². The molecule has 0 aromatic rings. The van der Waals surface area contributed by atoms with Gasteiger partial charge in [0.2, 0.25) is 12.0 Å². The molecule has 1 saturated carbocycles. The summed E-state index contributed by atoms with van der Waals surface area (Å²) in [7, 11) is 0. The molecule has 1 unspecified atom stereocenters. The molecule has 3 aliphatic heterocycles. The van der Waals surface area contributed by atoms with Gasteiger partial charge in [-0.15, -0.1) is 4.59 Å². The van der Waals surface area contributed by atoms with Crippen LogP contribution in [0.25, 0.3) is 0 Å². The summed E-state index contributed by atoms with van der Waals surface area (Å²) in [6, 6.07) is 0. The zero-order chi connectivity index (χ0) is 13.7. The molecular formula is C15H22N5+. The molecule has 1 saturated heterocycles. The number of rotatable bonds is 3. The zero-order valence-corrected chi connectivity index (χ0v) is 12.0. The highest BCUT2D eigenvalue weighted by atomic mass is 15.6. The van der Waals surface area contributed by atoms with Crippen LogP contribution in [0.1, 0.15) is 26.2 Å². The Hall–Kier alpha value is -1.30. The van der Waals surface area contributed by atoms with E-state index in [4.69, 9.17) is 5.84 Å². The second-order valence-electron chi connectivity index (χ2n) is 6.53. The topological polar surface area (TPSA) is 54.0 Å². The molecule has 4 aliphatic rings. The molecule has 0 aromatic carbocycles. The van der Waals surface area contributed by atoms with E-state index >= 15 is 0 Å². The number of nitrogens with two attached hydrogens (primary N) is 1. The van der Waals surface area contributed by atoms with E-state index in [0.29, 0.717) is 5.92 Å². The second kappa shape index (κ2) is 4.35. The standard InChI is InChI=1S/C15H22N5/c1-11-7-17-8-14-15(18-10-20(11,14)16)13-5-12(6-13)9-19-3-2-4-19/h7-8,10,12-13H,2-6,9,16H2,1H3/q+1. The van der Waals surface area contributed by atoms with E-state index in [1.54, 1.807) is 0 Å². The van der Waals surface area contributed by atoms with E-state index < -0.39 is 0 Å². The van der Waals surface area contributed by atoms with E-state index in [1.807, 2.05) is 25.7 Å². The molecule has 106 valence electrons. The number of nitrogens with zero attached hydrogens (tertiary/aromatic N) is 4. The van der Waals surface area contributed by atoms with Crippen molar-refractivity contribution < 1.29 is 4.59 Å². The summed E-state index contributed by atoms with van der Waals surface area (Å²) in [6.45, 7) is 5.89. The molecule has 0 radical (unpaired) electrons. The predicted molar refractivity (Wildman–Crippen MR) is 79.5 cm³/mol. The maximum atomic E-state index is 6.42. The molecule has 0 aromatic heterocycles. The largest absolute Gasteiger partial charge is 0.303 e. The maximum Gasteiger partial charge on any atom is 0.220 e. The average Bonchev–Trinajstić information content (AvgIpc) is 2.66. The smallest absolute Gasteiger partial charge is 0.220 e. The Morgan fingerprint density at radius 3 is 2.90 bits per heavy atom. The van der Waals surface area contributed by atoms with Crippen molar-refractivity contribution in [2.24, 2.45) is 27.7 Å². The molecule has 0 bridgehead atoms. The van der Waals surface area contributed by atoms with Gasteiger partial charge in [-0.1, -0.05) is 0 Å². The molecular weight excluding hydrogens is 250 g/mol. The van der Waals surface area contributed by atoms with Gasteiger partial charge < -0.3 is 4.90 Å². The molecule has 5 nitrogen and oxygen atoms in total. The van der Waals surface area contributed by atoms with Crippen LogP contribution in [0.15, 0.2) is 33.3 Å². The first-order valence-electron chi connectivity index (χ1n) is 7.57. The SMILES string of the molecule is CC1=CN=CC2=C(C3CC(CN4CCC4)C3)N=C[N+]12N. The molecule has 1 atom stereocenters. The van der Waals surface area contributed by atoms with Gasteiger partial charge in [-0.05, 0) is 38.3 Å². The molecule has 1 aliphatic carbocycles. The summed E-state index contributed by atoms with van der Waals surface area (Å²) >= 11 is 0. The van der Waals surface area contributed by atoms with Gasteiger partial charge in [-0.2, -0.15) is 10.8 Å². The fourth-order valence-corrected chi connectivity index (χ4v) is 3.58. The Labute approximate surface area is 119 Å². The molecule has 4 rings (SSSR count). The predicted octanol–water partition coefficient (Wildman–Crippen LogP) is 1.61. The number of quaternary nitrogens is 1. The summed E-state index contributed by atoms with van der Waals surface area (Å²) in [5.41, 5.74) is 3.26. The van der Waals surface area contributed by atoms with Crippen molar-refractivity contribution in [3.05, 3.63) is 23.3 Å². The van der Waals surface area contributed by atoms with Crippen LogP contribution in [0.4, 0.5) is 0 Å². The Balaban J connectivity index is 1.47. The number of likely N-dealkylation sites (tertiary alicyclic amines) is 1. The number of fused-ring (bicyclic) bond motifs is 1. The summed E-state index contributed by atoms with van der Waals surface area (Å²) < 4.78 is 0.228. The minimum absolute atomic E-state index is 0.228. The van der Waals surface area contributed by atoms with E-state index in [-0.39, 0.29) is 4.59 Å². The third kappa shape index (κ3) is 1.74. The Bertz CT molecular complexity index is 549. The van der Waals surface area contributed by atoms with E-state index in [1.165, 1.54) is 44.6 Å². The number of hydrogen-bond donors (Lipinski definition) is 1. The zero-order valence-electron chi connectivity index (χ0n) is 12.0. The molecule has 5 heteroatoms. The third-order valence-electron chi connectivity index (χ3n) is 5.17. The van der Waals surface area contributed by atoms with Crippen molar-refractivity contribution in [1.82, 2.24) is 4.90 Å². The fourth-order valence-electron chi connectivity index (χ4n) is 3.58. The summed E-state index contributed by atoms with van der Waals surface area (Å²) in [5, 5.41) is 0. The normalized spacial score (nSPS) is 39.4. The lowest BCUT2D eigenvalue weighted by Gasteiger charge is -2.41. The molecule has 20 heavy (non-hydrogen) atoms. The molecule has 0 amide bonds. The third-order valence-corrected chi connectivity index (χ3v) is 5.17. The summed E-state index contributed by atoms with van der Waals surface area (Å²) in [4.78, 5) is 11.5. The van der Waals surface area contributed by atoms with Gasteiger partial charge in [-0.3, -0.25) is 4.99 Å². The quantitative estimate of drug-likeness (QED) is 0.627. The van der Waals surface area contributed by atoms with E-state index in [9.17, 15) is 0 Å². The first kappa shape index (κ1) is 12.4. The van der Waals surface area contributed by atoms with Crippen LogP contribution in [0.5, 0.6) is 0 Å².